The molecule has 2 rings (SSSR count). The van der Waals surface area contributed by atoms with Gasteiger partial charge in [-0.3, -0.25) is 0 Å². The average molecular weight is 274 g/mol. The van der Waals surface area contributed by atoms with Gasteiger partial charge in [0.15, 0.2) is 0 Å². The van der Waals surface area contributed by atoms with Crippen LogP contribution in [0.5, 0.6) is 5.75 Å². The molecule has 3 nitrogen and oxygen atoms in total. The Morgan fingerprint density at radius 3 is 2.65 bits per heavy atom. The predicted octanol–water partition coefficient (Wildman–Crippen LogP) is 3.25. The van der Waals surface area contributed by atoms with Gasteiger partial charge in [0, 0.05) is 12.6 Å². The highest BCUT2D eigenvalue weighted by molar-refractivity contribution is 5.52. The summed E-state index contributed by atoms with van der Waals surface area (Å²) in [5, 5.41) is 3.15. The van der Waals surface area contributed by atoms with Gasteiger partial charge < -0.3 is 15.8 Å². The molecule has 0 aromatic heterocycles. The van der Waals surface area contributed by atoms with Crippen LogP contribution < -0.4 is 15.8 Å². The summed E-state index contributed by atoms with van der Waals surface area (Å²) in [4.78, 5) is 0. The van der Waals surface area contributed by atoms with Crippen LogP contribution in [0, 0.1) is 12.7 Å². The Kier molecular flexibility index (Phi) is 4.58. The highest BCUT2D eigenvalue weighted by Crippen LogP contribution is 2.26. The molecule has 2 aromatic carbocycles. The highest BCUT2D eigenvalue weighted by Gasteiger charge is 2.14. The maximum Gasteiger partial charge on any atom is 0.146 e. The van der Waals surface area contributed by atoms with E-state index >= 15 is 0 Å². The van der Waals surface area contributed by atoms with Crippen LogP contribution in [0.2, 0.25) is 0 Å². The number of benzene rings is 2. The van der Waals surface area contributed by atoms with Crippen molar-refractivity contribution in [1.29, 1.82) is 0 Å². The van der Waals surface area contributed by atoms with E-state index in [1.165, 1.54) is 6.07 Å². The summed E-state index contributed by atoms with van der Waals surface area (Å²) in [6.45, 7) is 2.39. The Bertz CT molecular complexity index is 586. The van der Waals surface area contributed by atoms with E-state index in [1.54, 1.807) is 19.2 Å². The van der Waals surface area contributed by atoms with Crippen LogP contribution in [0.15, 0.2) is 42.5 Å². The van der Waals surface area contributed by atoms with Crippen molar-refractivity contribution in [3.05, 3.63) is 59.4 Å². The zero-order valence-electron chi connectivity index (χ0n) is 11.7. The molecule has 20 heavy (non-hydrogen) atoms. The fourth-order valence-electron chi connectivity index (χ4n) is 2.17. The van der Waals surface area contributed by atoms with Crippen molar-refractivity contribution >= 4 is 5.69 Å². The van der Waals surface area contributed by atoms with Crippen molar-refractivity contribution in [2.75, 3.05) is 19.0 Å². The molecule has 0 amide bonds. The van der Waals surface area contributed by atoms with Crippen LogP contribution in [0.3, 0.4) is 0 Å². The van der Waals surface area contributed by atoms with E-state index in [0.717, 1.165) is 11.1 Å². The van der Waals surface area contributed by atoms with Gasteiger partial charge in [0.05, 0.1) is 18.8 Å². The van der Waals surface area contributed by atoms with Crippen LogP contribution in [-0.2, 0) is 0 Å². The first kappa shape index (κ1) is 14.3. The lowest BCUT2D eigenvalue weighted by atomic mass is 10.0. The number of rotatable bonds is 5. The topological polar surface area (TPSA) is 47.3 Å². The smallest absolute Gasteiger partial charge is 0.146 e. The SMILES string of the molecule is COc1ccc(F)c(NC(CN)c2ccccc2C)c1. The normalized spacial score (nSPS) is 12.0. The molecular formula is C16H19FN2O. The molecule has 0 radical (unpaired) electrons. The summed E-state index contributed by atoms with van der Waals surface area (Å²) < 4.78 is 19.0. The zero-order valence-corrected chi connectivity index (χ0v) is 11.7. The van der Waals surface area contributed by atoms with Crippen LogP contribution in [0.4, 0.5) is 10.1 Å². The first-order chi connectivity index (χ1) is 9.65. The van der Waals surface area contributed by atoms with E-state index < -0.39 is 0 Å². The lowest BCUT2D eigenvalue weighted by Gasteiger charge is -2.21. The molecule has 0 heterocycles. The van der Waals surface area contributed by atoms with Crippen LogP contribution in [0.1, 0.15) is 17.2 Å². The minimum absolute atomic E-state index is 0.141. The third-order valence-electron chi connectivity index (χ3n) is 3.30. The molecule has 0 aliphatic carbocycles. The van der Waals surface area contributed by atoms with E-state index in [4.69, 9.17) is 10.5 Å². The fourth-order valence-corrected chi connectivity index (χ4v) is 2.17. The zero-order chi connectivity index (χ0) is 14.5. The third-order valence-corrected chi connectivity index (χ3v) is 3.30. The first-order valence-corrected chi connectivity index (χ1v) is 6.51. The number of aryl methyl sites for hydroxylation is 1. The summed E-state index contributed by atoms with van der Waals surface area (Å²) in [5.41, 5.74) is 8.41. The van der Waals surface area contributed by atoms with Crippen molar-refractivity contribution < 1.29 is 9.13 Å². The second-order valence-corrected chi connectivity index (χ2v) is 4.63. The van der Waals surface area contributed by atoms with Gasteiger partial charge >= 0.3 is 0 Å². The Morgan fingerprint density at radius 2 is 2.00 bits per heavy atom. The molecule has 1 atom stereocenters. The van der Waals surface area contributed by atoms with Gasteiger partial charge in [-0.25, -0.2) is 4.39 Å². The molecule has 0 spiro atoms. The standard InChI is InChI=1S/C16H19FN2O/c1-11-5-3-4-6-13(11)16(10-18)19-15-9-12(20-2)7-8-14(15)17/h3-9,16,19H,10,18H2,1-2H3. The van der Waals surface area contributed by atoms with Gasteiger partial charge in [-0.15, -0.1) is 0 Å². The maximum absolute atomic E-state index is 13.9. The predicted molar refractivity (Wildman–Crippen MR) is 79.5 cm³/mol. The summed E-state index contributed by atoms with van der Waals surface area (Å²) in [5.74, 6) is 0.285. The third kappa shape index (κ3) is 3.08. The molecule has 0 aliphatic rings. The monoisotopic (exact) mass is 274 g/mol. The number of halogens is 1. The van der Waals surface area contributed by atoms with Crippen molar-refractivity contribution in [2.24, 2.45) is 5.73 Å². The number of nitrogens with one attached hydrogen (secondary N) is 1. The molecule has 0 fully saturated rings. The van der Waals surface area contributed by atoms with Gasteiger partial charge in [-0.1, -0.05) is 24.3 Å². The quantitative estimate of drug-likeness (QED) is 0.879. The van der Waals surface area contributed by atoms with E-state index in [0.29, 0.717) is 18.0 Å². The molecule has 2 aromatic rings. The summed E-state index contributed by atoms with van der Waals surface area (Å²) >= 11 is 0. The van der Waals surface area contributed by atoms with Crippen molar-refractivity contribution in [2.45, 2.75) is 13.0 Å². The van der Waals surface area contributed by atoms with E-state index in [1.807, 2.05) is 31.2 Å². The fraction of sp³-hybridized carbons (Fsp3) is 0.250. The minimum atomic E-state index is -0.321. The van der Waals surface area contributed by atoms with Gasteiger partial charge in [-0.2, -0.15) is 0 Å². The molecule has 3 N–H and O–H groups in total. The van der Waals surface area contributed by atoms with Crippen molar-refractivity contribution in [3.8, 4) is 5.75 Å². The molecule has 0 aliphatic heterocycles. The summed E-state index contributed by atoms with van der Waals surface area (Å²) in [6.07, 6.45) is 0. The van der Waals surface area contributed by atoms with Crippen LogP contribution >= 0.6 is 0 Å². The minimum Gasteiger partial charge on any atom is -0.497 e. The van der Waals surface area contributed by atoms with Crippen LogP contribution in [0.25, 0.3) is 0 Å². The Labute approximate surface area is 118 Å². The second kappa shape index (κ2) is 6.39. The van der Waals surface area contributed by atoms with E-state index in [-0.39, 0.29) is 11.9 Å². The largest absolute Gasteiger partial charge is 0.497 e. The number of anilines is 1. The number of hydrogen-bond donors (Lipinski definition) is 2. The molecule has 4 heteroatoms. The molecule has 106 valence electrons. The van der Waals surface area contributed by atoms with Crippen molar-refractivity contribution in [3.63, 3.8) is 0 Å². The van der Waals surface area contributed by atoms with Gasteiger partial charge in [-0.05, 0) is 30.2 Å². The maximum atomic E-state index is 13.9. The summed E-state index contributed by atoms with van der Waals surface area (Å²) in [7, 11) is 1.55. The van der Waals surface area contributed by atoms with Gasteiger partial charge in [0.25, 0.3) is 0 Å². The molecular weight excluding hydrogens is 255 g/mol. The lowest BCUT2D eigenvalue weighted by molar-refractivity contribution is 0.414. The van der Waals surface area contributed by atoms with Gasteiger partial charge in [0.1, 0.15) is 11.6 Å². The second-order valence-electron chi connectivity index (χ2n) is 4.63. The number of hydrogen-bond acceptors (Lipinski definition) is 3. The Hall–Kier alpha value is -2.07. The average Bonchev–Trinajstić information content (AvgIpc) is 2.47. The highest BCUT2D eigenvalue weighted by atomic mass is 19.1. The Balaban J connectivity index is 2.29. The molecule has 0 bridgehead atoms. The Morgan fingerprint density at radius 1 is 1.25 bits per heavy atom. The summed E-state index contributed by atoms with van der Waals surface area (Å²) in [6, 6.07) is 12.4. The lowest BCUT2D eigenvalue weighted by Crippen LogP contribution is -2.22. The van der Waals surface area contributed by atoms with Crippen LogP contribution in [-0.4, -0.2) is 13.7 Å². The van der Waals surface area contributed by atoms with Crippen molar-refractivity contribution in [1.82, 2.24) is 0 Å². The van der Waals surface area contributed by atoms with Gasteiger partial charge in [0.2, 0.25) is 0 Å². The first-order valence-electron chi connectivity index (χ1n) is 6.51. The molecule has 0 saturated carbocycles. The number of nitrogens with two attached hydrogens (primary N) is 1. The number of methoxy groups -OCH3 is 1. The molecule has 1 unspecified atom stereocenters. The number of ether oxygens (including phenoxy) is 1. The molecule has 0 saturated heterocycles. The van der Waals surface area contributed by atoms with E-state index in [9.17, 15) is 4.39 Å². The van der Waals surface area contributed by atoms with E-state index in [2.05, 4.69) is 5.32 Å².